The van der Waals surface area contributed by atoms with Gasteiger partial charge < -0.3 is 10.1 Å². The molecule has 142 valence electrons. The van der Waals surface area contributed by atoms with Gasteiger partial charge in [0.15, 0.2) is 5.82 Å². The molecule has 0 aliphatic carbocycles. The quantitative estimate of drug-likeness (QED) is 0.604. The fourth-order valence-corrected chi connectivity index (χ4v) is 3.17. The van der Waals surface area contributed by atoms with Crippen LogP contribution >= 0.6 is 11.8 Å². The summed E-state index contributed by atoms with van der Waals surface area (Å²) >= 11 is 1.29. The van der Waals surface area contributed by atoms with E-state index in [-0.39, 0.29) is 17.2 Å². The maximum Gasteiger partial charge on any atom is 0.238 e. The normalized spacial score (nSPS) is 12.2. The predicted molar refractivity (Wildman–Crippen MR) is 105 cm³/mol. The highest BCUT2D eigenvalue weighted by molar-refractivity contribution is 8.00. The van der Waals surface area contributed by atoms with Crippen LogP contribution in [0.2, 0.25) is 0 Å². The number of thioether (sulfide) groups is 1. The molecule has 3 aromatic rings. The van der Waals surface area contributed by atoms with Crippen molar-refractivity contribution in [2.45, 2.75) is 37.2 Å². The van der Waals surface area contributed by atoms with Crippen LogP contribution in [0.5, 0.6) is 5.75 Å². The molecule has 27 heavy (non-hydrogen) atoms. The molecule has 0 bridgehead atoms. The van der Waals surface area contributed by atoms with E-state index in [4.69, 9.17) is 4.74 Å². The van der Waals surface area contributed by atoms with E-state index in [1.165, 1.54) is 11.8 Å². The monoisotopic (exact) mass is 386 g/mol. The third-order valence-corrected chi connectivity index (χ3v) is 4.85. The Morgan fingerprint density at radius 1 is 1.22 bits per heavy atom. The van der Waals surface area contributed by atoms with Gasteiger partial charge in [0, 0.05) is 17.7 Å². The van der Waals surface area contributed by atoms with E-state index in [2.05, 4.69) is 25.6 Å². The molecule has 0 aliphatic rings. The molecule has 2 heterocycles. The number of hydrogen-bond acceptors (Lipinski definition) is 6. The highest BCUT2D eigenvalue weighted by Crippen LogP contribution is 2.25. The standard InChI is InChI=1S/C18H22N6O2S/c1-11(2)24-15(9-10-19-24)20-17(25)12(3)27-18-21-16(22-23-18)13-5-7-14(26-4)8-6-13/h5-12H,1-4H3,(H,20,25)(H,21,22,23)/t12-/m1/s1. The molecule has 0 aliphatic heterocycles. The number of carbonyl (C=O) groups is 1. The van der Waals surface area contributed by atoms with Crippen LogP contribution in [0.3, 0.4) is 0 Å². The Bertz CT molecular complexity index is 903. The number of rotatable bonds is 7. The molecule has 0 radical (unpaired) electrons. The van der Waals surface area contributed by atoms with E-state index < -0.39 is 0 Å². The maximum absolute atomic E-state index is 12.5. The summed E-state index contributed by atoms with van der Waals surface area (Å²) in [6, 6.07) is 9.47. The van der Waals surface area contributed by atoms with E-state index in [0.717, 1.165) is 11.3 Å². The van der Waals surface area contributed by atoms with Crippen LogP contribution in [0.4, 0.5) is 5.82 Å². The minimum Gasteiger partial charge on any atom is -0.497 e. The Balaban J connectivity index is 1.63. The zero-order valence-electron chi connectivity index (χ0n) is 15.6. The summed E-state index contributed by atoms with van der Waals surface area (Å²) in [4.78, 5) is 16.9. The minimum atomic E-state index is -0.361. The fourth-order valence-electron chi connectivity index (χ4n) is 2.44. The average Bonchev–Trinajstić information content (AvgIpc) is 3.31. The van der Waals surface area contributed by atoms with E-state index in [1.807, 2.05) is 45.0 Å². The van der Waals surface area contributed by atoms with E-state index >= 15 is 0 Å². The van der Waals surface area contributed by atoms with E-state index in [1.54, 1.807) is 24.1 Å². The number of aromatic nitrogens is 5. The van der Waals surface area contributed by atoms with Gasteiger partial charge in [-0.05, 0) is 45.0 Å². The number of nitrogens with one attached hydrogen (secondary N) is 2. The van der Waals surface area contributed by atoms with Crippen LogP contribution in [0.15, 0.2) is 41.7 Å². The smallest absolute Gasteiger partial charge is 0.238 e. The molecule has 8 nitrogen and oxygen atoms in total. The van der Waals surface area contributed by atoms with Gasteiger partial charge in [0.25, 0.3) is 0 Å². The second-order valence-corrected chi connectivity index (χ2v) is 7.51. The number of nitrogens with zero attached hydrogens (tertiary/aromatic N) is 4. The van der Waals surface area contributed by atoms with Gasteiger partial charge in [-0.3, -0.25) is 9.89 Å². The summed E-state index contributed by atoms with van der Waals surface area (Å²) in [5.74, 6) is 1.97. The Kier molecular flexibility index (Phi) is 5.80. The number of benzene rings is 1. The van der Waals surface area contributed by atoms with Crippen LogP contribution in [-0.2, 0) is 4.79 Å². The molecule has 0 unspecified atom stereocenters. The summed E-state index contributed by atoms with van der Waals surface area (Å²) in [7, 11) is 1.62. The summed E-state index contributed by atoms with van der Waals surface area (Å²) in [6.45, 7) is 5.84. The SMILES string of the molecule is COc1ccc(-c2nc(S[C@H](C)C(=O)Nc3ccnn3C(C)C)n[nH]2)cc1. The third kappa shape index (κ3) is 4.48. The first kappa shape index (κ1) is 19.0. The summed E-state index contributed by atoms with van der Waals surface area (Å²) < 4.78 is 6.92. The lowest BCUT2D eigenvalue weighted by Crippen LogP contribution is -2.24. The number of aromatic amines is 1. The number of methoxy groups -OCH3 is 1. The van der Waals surface area contributed by atoms with Crippen molar-refractivity contribution in [1.29, 1.82) is 0 Å². The first-order valence-corrected chi connectivity index (χ1v) is 9.43. The van der Waals surface area contributed by atoms with Gasteiger partial charge in [-0.25, -0.2) is 9.67 Å². The summed E-state index contributed by atoms with van der Waals surface area (Å²) in [5, 5.41) is 14.4. The molecule has 3 rings (SSSR count). The van der Waals surface area contributed by atoms with Gasteiger partial charge >= 0.3 is 0 Å². The van der Waals surface area contributed by atoms with Crippen molar-refractivity contribution in [3.05, 3.63) is 36.5 Å². The van der Waals surface area contributed by atoms with E-state index in [9.17, 15) is 4.79 Å². The molecule has 2 N–H and O–H groups in total. The second-order valence-electron chi connectivity index (χ2n) is 6.20. The van der Waals surface area contributed by atoms with Crippen LogP contribution in [-0.4, -0.2) is 43.2 Å². The van der Waals surface area contributed by atoms with Crippen molar-refractivity contribution >= 4 is 23.5 Å². The van der Waals surface area contributed by atoms with Crippen LogP contribution in [0.25, 0.3) is 11.4 Å². The van der Waals surface area contributed by atoms with Crippen molar-refractivity contribution in [2.75, 3.05) is 12.4 Å². The number of hydrogen-bond donors (Lipinski definition) is 2. The molecular weight excluding hydrogens is 364 g/mol. The Hall–Kier alpha value is -2.81. The Labute approximate surface area is 161 Å². The van der Waals surface area contributed by atoms with Crippen LogP contribution in [0, 0.1) is 0 Å². The molecule has 0 fully saturated rings. The number of carbonyl (C=O) groups excluding carboxylic acids is 1. The number of ether oxygens (including phenoxy) is 1. The van der Waals surface area contributed by atoms with Gasteiger partial charge in [0.2, 0.25) is 11.1 Å². The minimum absolute atomic E-state index is 0.127. The van der Waals surface area contributed by atoms with Crippen molar-refractivity contribution in [3.63, 3.8) is 0 Å². The van der Waals surface area contributed by atoms with Crippen molar-refractivity contribution in [3.8, 4) is 17.1 Å². The molecule has 9 heteroatoms. The van der Waals surface area contributed by atoms with Gasteiger partial charge in [-0.2, -0.15) is 5.10 Å². The first-order chi connectivity index (χ1) is 13.0. The topological polar surface area (TPSA) is 97.7 Å². The largest absolute Gasteiger partial charge is 0.497 e. The van der Waals surface area contributed by atoms with Gasteiger partial charge in [0.05, 0.1) is 18.6 Å². The van der Waals surface area contributed by atoms with Gasteiger partial charge in [-0.1, -0.05) is 11.8 Å². The summed E-state index contributed by atoms with van der Waals surface area (Å²) in [5.41, 5.74) is 0.896. The maximum atomic E-state index is 12.5. The number of amides is 1. The second kappa shape index (κ2) is 8.26. The zero-order valence-corrected chi connectivity index (χ0v) is 16.4. The van der Waals surface area contributed by atoms with Gasteiger partial charge in [0.1, 0.15) is 11.6 Å². The highest BCUT2D eigenvalue weighted by atomic mass is 32.2. The lowest BCUT2D eigenvalue weighted by Gasteiger charge is -2.14. The Morgan fingerprint density at radius 2 is 1.96 bits per heavy atom. The molecule has 1 aromatic carbocycles. The molecule has 0 saturated carbocycles. The lowest BCUT2D eigenvalue weighted by molar-refractivity contribution is -0.115. The molecule has 2 aromatic heterocycles. The average molecular weight is 386 g/mol. The van der Waals surface area contributed by atoms with Crippen LogP contribution in [0.1, 0.15) is 26.8 Å². The predicted octanol–water partition coefficient (Wildman–Crippen LogP) is 3.38. The molecule has 0 spiro atoms. The molecule has 0 saturated heterocycles. The van der Waals surface area contributed by atoms with Crippen LogP contribution < -0.4 is 10.1 Å². The van der Waals surface area contributed by atoms with E-state index in [0.29, 0.717) is 16.8 Å². The zero-order chi connectivity index (χ0) is 19.4. The molecular formula is C18H22N6O2S. The number of H-pyrrole nitrogens is 1. The van der Waals surface area contributed by atoms with Crippen molar-refractivity contribution in [1.82, 2.24) is 25.0 Å². The lowest BCUT2D eigenvalue weighted by atomic mass is 10.2. The fraction of sp³-hybridized carbons (Fsp3) is 0.333. The number of anilines is 1. The molecule has 1 amide bonds. The third-order valence-electron chi connectivity index (χ3n) is 3.89. The molecule has 1 atom stereocenters. The summed E-state index contributed by atoms with van der Waals surface area (Å²) in [6.07, 6.45) is 1.67. The van der Waals surface area contributed by atoms with Crippen molar-refractivity contribution < 1.29 is 9.53 Å². The first-order valence-electron chi connectivity index (χ1n) is 8.55. The van der Waals surface area contributed by atoms with Crippen molar-refractivity contribution in [2.24, 2.45) is 0 Å². The highest BCUT2D eigenvalue weighted by Gasteiger charge is 2.19. The Morgan fingerprint density at radius 3 is 2.63 bits per heavy atom. The van der Waals surface area contributed by atoms with Gasteiger partial charge in [-0.15, -0.1) is 5.10 Å².